The van der Waals surface area contributed by atoms with E-state index in [2.05, 4.69) is 4.98 Å². The molecule has 9 nitrogen and oxygen atoms in total. The first-order chi connectivity index (χ1) is 16.1. The SMILES string of the molecule is Cc1ccccc1-n1c(SCC(=O)c2c(N)n(C)c(=O)n(C)c2=O)nc2cc(Cl)ccc2c1=O. The van der Waals surface area contributed by atoms with Gasteiger partial charge in [-0.3, -0.25) is 28.1 Å². The van der Waals surface area contributed by atoms with Crippen molar-refractivity contribution in [1.29, 1.82) is 0 Å². The number of nitrogens with zero attached hydrogens (tertiary/aromatic N) is 4. The fourth-order valence-corrected chi connectivity index (χ4v) is 4.63. The number of para-hydroxylation sites is 1. The molecule has 4 aromatic rings. The lowest BCUT2D eigenvalue weighted by atomic mass is 10.2. The predicted octanol–water partition coefficient (Wildman–Crippen LogP) is 2.30. The lowest BCUT2D eigenvalue weighted by molar-refractivity contribution is 0.102. The molecule has 0 aliphatic rings. The Balaban J connectivity index is 1.84. The maximum Gasteiger partial charge on any atom is 0.332 e. The first-order valence-electron chi connectivity index (χ1n) is 10.1. The molecule has 0 bridgehead atoms. The summed E-state index contributed by atoms with van der Waals surface area (Å²) in [5.41, 5.74) is 5.74. The van der Waals surface area contributed by atoms with Crippen LogP contribution in [0.2, 0.25) is 5.02 Å². The van der Waals surface area contributed by atoms with Crippen LogP contribution in [-0.4, -0.2) is 30.2 Å². The van der Waals surface area contributed by atoms with Gasteiger partial charge in [0.05, 0.1) is 22.3 Å². The Bertz CT molecular complexity index is 1650. The van der Waals surface area contributed by atoms with Crippen molar-refractivity contribution in [3.05, 3.63) is 89.8 Å². The number of aryl methyl sites for hydroxylation is 1. The molecule has 2 N–H and O–H groups in total. The van der Waals surface area contributed by atoms with Gasteiger partial charge in [0.1, 0.15) is 11.4 Å². The number of fused-ring (bicyclic) bond motifs is 1. The summed E-state index contributed by atoms with van der Waals surface area (Å²) in [5.74, 6) is -1.04. The van der Waals surface area contributed by atoms with E-state index >= 15 is 0 Å². The molecule has 0 unspecified atom stereocenters. The summed E-state index contributed by atoms with van der Waals surface area (Å²) in [6.45, 7) is 1.86. The third-order valence-electron chi connectivity index (χ3n) is 5.48. The average molecular weight is 498 g/mol. The van der Waals surface area contributed by atoms with Crippen LogP contribution in [0.5, 0.6) is 0 Å². The molecule has 0 atom stereocenters. The number of thioether (sulfide) groups is 1. The largest absolute Gasteiger partial charge is 0.384 e. The van der Waals surface area contributed by atoms with E-state index < -0.39 is 17.0 Å². The number of nitrogen functional groups attached to an aromatic ring is 1. The molecule has 0 saturated heterocycles. The Kier molecular flexibility index (Phi) is 6.20. The summed E-state index contributed by atoms with van der Waals surface area (Å²) in [6.07, 6.45) is 0. The van der Waals surface area contributed by atoms with Gasteiger partial charge in [-0.1, -0.05) is 41.6 Å². The number of anilines is 1. The molecule has 2 aromatic carbocycles. The molecule has 4 rings (SSSR count). The number of nitrogens with two attached hydrogens (primary N) is 1. The molecule has 11 heteroatoms. The number of hydrogen-bond acceptors (Lipinski definition) is 7. The number of halogens is 1. The molecule has 0 aliphatic heterocycles. The highest BCUT2D eigenvalue weighted by molar-refractivity contribution is 7.99. The minimum absolute atomic E-state index is 0.215. The second-order valence-electron chi connectivity index (χ2n) is 7.66. The summed E-state index contributed by atoms with van der Waals surface area (Å²) in [6, 6.07) is 12.1. The van der Waals surface area contributed by atoms with Crippen LogP contribution in [0.15, 0.2) is 62.0 Å². The Morgan fingerprint density at radius 3 is 2.47 bits per heavy atom. The van der Waals surface area contributed by atoms with Crippen LogP contribution in [0.3, 0.4) is 0 Å². The summed E-state index contributed by atoms with van der Waals surface area (Å²) >= 11 is 7.09. The third-order valence-corrected chi connectivity index (χ3v) is 6.65. The van der Waals surface area contributed by atoms with Crippen LogP contribution in [-0.2, 0) is 14.1 Å². The van der Waals surface area contributed by atoms with Gasteiger partial charge in [0.25, 0.3) is 11.1 Å². The van der Waals surface area contributed by atoms with Gasteiger partial charge in [-0.05, 0) is 36.8 Å². The number of carbonyl (C=O) groups excluding carboxylic acids is 1. The molecule has 0 aliphatic carbocycles. The molecule has 2 heterocycles. The number of Topliss-reactive ketones (excluding diaryl/α,β-unsaturated/α-hetero) is 1. The quantitative estimate of drug-likeness (QED) is 0.255. The molecular weight excluding hydrogens is 478 g/mol. The van der Waals surface area contributed by atoms with Crippen molar-refractivity contribution < 1.29 is 4.79 Å². The van der Waals surface area contributed by atoms with Crippen molar-refractivity contribution in [2.75, 3.05) is 11.5 Å². The maximum atomic E-state index is 13.4. The molecule has 0 radical (unpaired) electrons. The van der Waals surface area contributed by atoms with E-state index in [9.17, 15) is 19.2 Å². The lowest BCUT2D eigenvalue weighted by Crippen LogP contribution is -2.41. The highest BCUT2D eigenvalue weighted by Gasteiger charge is 2.22. The van der Waals surface area contributed by atoms with E-state index in [1.165, 1.54) is 18.7 Å². The Labute approximate surface area is 202 Å². The molecule has 2 aromatic heterocycles. The van der Waals surface area contributed by atoms with Crippen molar-refractivity contribution >= 4 is 45.9 Å². The van der Waals surface area contributed by atoms with Crippen LogP contribution < -0.4 is 22.5 Å². The van der Waals surface area contributed by atoms with E-state index in [1.807, 2.05) is 19.1 Å². The molecule has 0 amide bonds. The molecule has 34 heavy (non-hydrogen) atoms. The van der Waals surface area contributed by atoms with Gasteiger partial charge in [0.2, 0.25) is 0 Å². The Morgan fingerprint density at radius 1 is 1.06 bits per heavy atom. The van der Waals surface area contributed by atoms with E-state index in [-0.39, 0.29) is 27.8 Å². The minimum Gasteiger partial charge on any atom is -0.384 e. The smallest absolute Gasteiger partial charge is 0.332 e. The zero-order chi connectivity index (χ0) is 24.7. The van der Waals surface area contributed by atoms with Crippen LogP contribution in [0.4, 0.5) is 5.82 Å². The van der Waals surface area contributed by atoms with E-state index in [1.54, 1.807) is 30.3 Å². The standard InChI is InChI=1S/C23H20ClN5O4S/c1-12-6-4-5-7-16(12)29-20(31)14-9-8-13(24)10-15(14)26-22(29)34-11-17(30)18-19(25)27(2)23(33)28(3)21(18)32/h4-10H,11,25H2,1-3H3. The summed E-state index contributed by atoms with van der Waals surface area (Å²) in [5, 5.41) is 1.05. The van der Waals surface area contributed by atoms with Crippen molar-refractivity contribution in [1.82, 2.24) is 18.7 Å². The summed E-state index contributed by atoms with van der Waals surface area (Å²) in [7, 11) is 2.66. The van der Waals surface area contributed by atoms with Gasteiger partial charge in [0, 0.05) is 19.1 Å². The molecule has 0 fully saturated rings. The first-order valence-corrected chi connectivity index (χ1v) is 11.5. The molecule has 0 spiro atoms. The van der Waals surface area contributed by atoms with Crippen LogP contribution in [0.25, 0.3) is 16.6 Å². The normalized spacial score (nSPS) is 11.2. The predicted molar refractivity (Wildman–Crippen MR) is 133 cm³/mol. The number of aromatic nitrogens is 4. The summed E-state index contributed by atoms with van der Waals surface area (Å²) < 4.78 is 3.30. The van der Waals surface area contributed by atoms with Crippen LogP contribution in [0, 0.1) is 6.92 Å². The monoisotopic (exact) mass is 497 g/mol. The minimum atomic E-state index is -0.777. The van der Waals surface area contributed by atoms with Gasteiger partial charge >= 0.3 is 5.69 Å². The van der Waals surface area contributed by atoms with Crippen LogP contribution in [0.1, 0.15) is 15.9 Å². The van der Waals surface area contributed by atoms with Crippen molar-refractivity contribution in [3.63, 3.8) is 0 Å². The van der Waals surface area contributed by atoms with E-state index in [0.29, 0.717) is 21.6 Å². The lowest BCUT2D eigenvalue weighted by Gasteiger charge is -2.15. The van der Waals surface area contributed by atoms with Gasteiger partial charge in [-0.2, -0.15) is 0 Å². The Morgan fingerprint density at radius 2 is 1.76 bits per heavy atom. The zero-order valence-electron chi connectivity index (χ0n) is 18.5. The number of ketones is 1. The fraction of sp³-hybridized carbons (Fsp3) is 0.174. The Hall–Kier alpha value is -3.63. The van der Waals surface area contributed by atoms with E-state index in [0.717, 1.165) is 26.5 Å². The number of carbonyl (C=O) groups is 1. The summed E-state index contributed by atoms with van der Waals surface area (Å²) in [4.78, 5) is 55.7. The average Bonchev–Trinajstić information content (AvgIpc) is 2.81. The van der Waals surface area contributed by atoms with E-state index in [4.69, 9.17) is 17.3 Å². The number of benzene rings is 2. The highest BCUT2D eigenvalue weighted by Crippen LogP contribution is 2.25. The third kappa shape index (κ3) is 3.95. The van der Waals surface area contributed by atoms with Gasteiger partial charge < -0.3 is 5.73 Å². The number of hydrogen-bond donors (Lipinski definition) is 1. The van der Waals surface area contributed by atoms with Gasteiger partial charge in [-0.15, -0.1) is 0 Å². The zero-order valence-corrected chi connectivity index (χ0v) is 20.1. The molecule has 0 saturated carbocycles. The van der Waals surface area contributed by atoms with Crippen LogP contribution >= 0.6 is 23.4 Å². The highest BCUT2D eigenvalue weighted by atomic mass is 35.5. The second-order valence-corrected chi connectivity index (χ2v) is 9.04. The number of rotatable bonds is 5. The van der Waals surface area contributed by atoms with Crippen molar-refractivity contribution in [2.45, 2.75) is 12.1 Å². The molecular formula is C23H20ClN5O4S. The van der Waals surface area contributed by atoms with Crippen molar-refractivity contribution in [2.24, 2.45) is 14.1 Å². The fourth-order valence-electron chi connectivity index (χ4n) is 3.59. The van der Waals surface area contributed by atoms with Crippen molar-refractivity contribution in [3.8, 4) is 5.69 Å². The van der Waals surface area contributed by atoms with Gasteiger partial charge in [0.15, 0.2) is 10.9 Å². The second kappa shape index (κ2) is 8.96. The first kappa shape index (κ1) is 23.5. The topological polar surface area (TPSA) is 122 Å². The van der Waals surface area contributed by atoms with Gasteiger partial charge in [-0.25, -0.2) is 9.78 Å². The molecule has 174 valence electrons. The maximum absolute atomic E-state index is 13.4.